The number of anilines is 2. The van der Waals surface area contributed by atoms with Crippen LogP contribution in [0, 0.1) is 0 Å². The molecule has 1 aromatic heterocycles. The summed E-state index contributed by atoms with van der Waals surface area (Å²) in [6, 6.07) is 7.61. The molecular weight excluding hydrogens is 244 g/mol. The second kappa shape index (κ2) is 5.14. The number of rotatable bonds is 4. The molecule has 1 aromatic carbocycles. The van der Waals surface area contributed by atoms with Gasteiger partial charge in [-0.05, 0) is 18.2 Å². The number of nitrogen functional groups attached to an aromatic ring is 1. The molecule has 0 saturated heterocycles. The van der Waals surface area contributed by atoms with E-state index in [-0.39, 0.29) is 0 Å². The molecule has 0 unspecified atom stereocenters. The van der Waals surface area contributed by atoms with E-state index in [1.54, 1.807) is 0 Å². The second-order valence-corrected chi connectivity index (χ2v) is 4.75. The zero-order chi connectivity index (χ0) is 11.4. The van der Waals surface area contributed by atoms with Gasteiger partial charge in [-0.25, -0.2) is 0 Å². The SMILES string of the molecule is Nc1nnc(CCNc2cccc(Cl)c2)s1. The molecule has 4 nitrogen and oxygen atoms in total. The average Bonchev–Trinajstić information content (AvgIpc) is 2.64. The van der Waals surface area contributed by atoms with Gasteiger partial charge >= 0.3 is 0 Å². The Bertz CT molecular complexity index is 471. The quantitative estimate of drug-likeness (QED) is 0.880. The average molecular weight is 255 g/mol. The van der Waals surface area contributed by atoms with E-state index in [1.807, 2.05) is 24.3 Å². The fraction of sp³-hybridized carbons (Fsp3) is 0.200. The Hall–Kier alpha value is -1.33. The number of benzene rings is 1. The maximum absolute atomic E-state index is 5.87. The minimum atomic E-state index is 0.512. The lowest BCUT2D eigenvalue weighted by atomic mass is 10.3. The molecule has 0 fully saturated rings. The summed E-state index contributed by atoms with van der Waals surface area (Å²) >= 11 is 7.28. The summed E-state index contributed by atoms with van der Waals surface area (Å²) < 4.78 is 0. The van der Waals surface area contributed by atoms with Crippen molar-refractivity contribution >= 4 is 33.8 Å². The topological polar surface area (TPSA) is 63.8 Å². The normalized spacial score (nSPS) is 10.3. The van der Waals surface area contributed by atoms with Crippen molar-refractivity contribution in [2.45, 2.75) is 6.42 Å². The van der Waals surface area contributed by atoms with E-state index in [4.69, 9.17) is 17.3 Å². The summed E-state index contributed by atoms with van der Waals surface area (Å²) in [7, 11) is 0. The maximum Gasteiger partial charge on any atom is 0.203 e. The molecule has 0 amide bonds. The van der Waals surface area contributed by atoms with Crippen molar-refractivity contribution in [2.24, 2.45) is 0 Å². The van der Waals surface area contributed by atoms with Gasteiger partial charge in [0.2, 0.25) is 5.13 Å². The molecule has 0 radical (unpaired) electrons. The fourth-order valence-corrected chi connectivity index (χ4v) is 2.08. The first-order valence-electron chi connectivity index (χ1n) is 4.81. The van der Waals surface area contributed by atoms with E-state index in [2.05, 4.69) is 15.5 Å². The molecule has 84 valence electrons. The number of nitrogens with one attached hydrogen (secondary N) is 1. The third-order valence-electron chi connectivity index (χ3n) is 1.98. The summed E-state index contributed by atoms with van der Waals surface area (Å²) in [5, 5.41) is 13.1. The van der Waals surface area contributed by atoms with Crippen molar-refractivity contribution in [3.63, 3.8) is 0 Å². The van der Waals surface area contributed by atoms with Crippen molar-refractivity contribution in [1.29, 1.82) is 0 Å². The Labute approximate surface area is 102 Å². The van der Waals surface area contributed by atoms with Crippen LogP contribution in [0.2, 0.25) is 5.02 Å². The molecule has 16 heavy (non-hydrogen) atoms. The Kier molecular flexibility index (Phi) is 3.58. The molecule has 0 bridgehead atoms. The van der Waals surface area contributed by atoms with Crippen molar-refractivity contribution in [3.05, 3.63) is 34.3 Å². The van der Waals surface area contributed by atoms with E-state index in [0.717, 1.165) is 28.7 Å². The molecule has 0 saturated carbocycles. The number of aromatic nitrogens is 2. The van der Waals surface area contributed by atoms with E-state index < -0.39 is 0 Å². The lowest BCUT2D eigenvalue weighted by Crippen LogP contribution is -2.04. The van der Waals surface area contributed by atoms with Gasteiger partial charge in [-0.1, -0.05) is 29.0 Å². The van der Waals surface area contributed by atoms with Crippen LogP contribution in [0.5, 0.6) is 0 Å². The Morgan fingerprint density at radius 3 is 2.94 bits per heavy atom. The molecule has 3 N–H and O–H groups in total. The smallest absolute Gasteiger partial charge is 0.203 e. The lowest BCUT2D eigenvalue weighted by molar-refractivity contribution is 0.943. The van der Waals surface area contributed by atoms with Crippen LogP contribution in [0.15, 0.2) is 24.3 Å². The van der Waals surface area contributed by atoms with Crippen molar-refractivity contribution in [2.75, 3.05) is 17.6 Å². The summed E-state index contributed by atoms with van der Waals surface area (Å²) in [4.78, 5) is 0. The Balaban J connectivity index is 1.84. The van der Waals surface area contributed by atoms with Crippen molar-refractivity contribution in [3.8, 4) is 0 Å². The molecule has 2 aromatic rings. The van der Waals surface area contributed by atoms with Crippen LogP contribution in [0.4, 0.5) is 10.8 Å². The second-order valence-electron chi connectivity index (χ2n) is 3.22. The highest BCUT2D eigenvalue weighted by molar-refractivity contribution is 7.15. The number of hydrogen-bond donors (Lipinski definition) is 2. The zero-order valence-electron chi connectivity index (χ0n) is 8.48. The molecule has 0 atom stereocenters. The number of halogens is 1. The first-order valence-corrected chi connectivity index (χ1v) is 6.01. The van der Waals surface area contributed by atoms with E-state index in [9.17, 15) is 0 Å². The van der Waals surface area contributed by atoms with Crippen molar-refractivity contribution in [1.82, 2.24) is 10.2 Å². The van der Waals surface area contributed by atoms with Gasteiger partial charge in [0.05, 0.1) is 0 Å². The third-order valence-corrected chi connectivity index (χ3v) is 3.02. The molecule has 6 heteroatoms. The molecule has 0 spiro atoms. The summed E-state index contributed by atoms with van der Waals surface area (Å²) in [6.07, 6.45) is 0.807. The predicted octanol–water partition coefficient (Wildman–Crippen LogP) is 2.43. The van der Waals surface area contributed by atoms with Crippen LogP contribution in [-0.2, 0) is 6.42 Å². The number of nitrogens with zero attached hydrogens (tertiary/aromatic N) is 2. The van der Waals surface area contributed by atoms with Gasteiger partial charge in [0.15, 0.2) is 0 Å². The standard InChI is InChI=1S/C10H11ClN4S/c11-7-2-1-3-8(6-7)13-5-4-9-14-15-10(12)16-9/h1-3,6,13H,4-5H2,(H2,12,15). The van der Waals surface area contributed by atoms with Crippen LogP contribution >= 0.6 is 22.9 Å². The van der Waals surface area contributed by atoms with E-state index in [1.165, 1.54) is 11.3 Å². The van der Waals surface area contributed by atoms with Crippen molar-refractivity contribution < 1.29 is 0 Å². The van der Waals surface area contributed by atoms with Gasteiger partial charge in [0.1, 0.15) is 5.01 Å². The molecule has 1 heterocycles. The highest BCUT2D eigenvalue weighted by Gasteiger charge is 2.00. The molecule has 0 aliphatic rings. The lowest BCUT2D eigenvalue weighted by Gasteiger charge is -2.04. The largest absolute Gasteiger partial charge is 0.385 e. The number of nitrogens with two attached hydrogens (primary N) is 1. The van der Waals surface area contributed by atoms with Crippen LogP contribution in [0.25, 0.3) is 0 Å². The monoisotopic (exact) mass is 254 g/mol. The fourth-order valence-electron chi connectivity index (χ4n) is 1.28. The van der Waals surface area contributed by atoms with Gasteiger partial charge in [0.25, 0.3) is 0 Å². The van der Waals surface area contributed by atoms with Crippen LogP contribution in [-0.4, -0.2) is 16.7 Å². The first-order chi connectivity index (χ1) is 7.74. The Morgan fingerprint density at radius 2 is 2.25 bits per heavy atom. The minimum absolute atomic E-state index is 0.512. The van der Waals surface area contributed by atoms with E-state index >= 15 is 0 Å². The highest BCUT2D eigenvalue weighted by atomic mass is 35.5. The molecule has 2 rings (SSSR count). The molecular formula is C10H11ClN4S. The number of hydrogen-bond acceptors (Lipinski definition) is 5. The van der Waals surface area contributed by atoms with Crippen LogP contribution < -0.4 is 11.1 Å². The van der Waals surface area contributed by atoms with Gasteiger partial charge < -0.3 is 11.1 Å². The molecule has 0 aliphatic heterocycles. The van der Waals surface area contributed by atoms with Crippen LogP contribution in [0.1, 0.15) is 5.01 Å². The maximum atomic E-state index is 5.87. The third kappa shape index (κ3) is 3.08. The Morgan fingerprint density at radius 1 is 1.38 bits per heavy atom. The minimum Gasteiger partial charge on any atom is -0.385 e. The molecule has 0 aliphatic carbocycles. The van der Waals surface area contributed by atoms with E-state index in [0.29, 0.717) is 5.13 Å². The first kappa shape index (κ1) is 11.2. The van der Waals surface area contributed by atoms with Gasteiger partial charge in [0, 0.05) is 23.7 Å². The van der Waals surface area contributed by atoms with Gasteiger partial charge in [-0.2, -0.15) is 0 Å². The van der Waals surface area contributed by atoms with Gasteiger partial charge in [-0.3, -0.25) is 0 Å². The predicted molar refractivity (Wildman–Crippen MR) is 68.0 cm³/mol. The summed E-state index contributed by atoms with van der Waals surface area (Å²) in [6.45, 7) is 0.787. The summed E-state index contributed by atoms with van der Waals surface area (Å²) in [5.41, 5.74) is 6.49. The summed E-state index contributed by atoms with van der Waals surface area (Å²) in [5.74, 6) is 0. The van der Waals surface area contributed by atoms with Crippen LogP contribution in [0.3, 0.4) is 0 Å². The van der Waals surface area contributed by atoms with Gasteiger partial charge in [-0.15, -0.1) is 10.2 Å². The highest BCUT2D eigenvalue weighted by Crippen LogP contribution is 2.15. The zero-order valence-corrected chi connectivity index (χ0v) is 10.1.